The van der Waals surface area contributed by atoms with E-state index >= 15 is 0 Å². The van der Waals surface area contributed by atoms with Gasteiger partial charge in [-0.05, 0) is 43.4 Å². The molecule has 7 heteroatoms. The Kier molecular flexibility index (Phi) is 4.68. The molecule has 0 aromatic heterocycles. The topological polar surface area (TPSA) is 83.8 Å². The van der Waals surface area contributed by atoms with Gasteiger partial charge in [0.1, 0.15) is 5.70 Å². The minimum absolute atomic E-state index is 0.0250. The second kappa shape index (κ2) is 7.13. The maximum Gasteiger partial charge on any atom is 0.278 e. The van der Waals surface area contributed by atoms with Gasteiger partial charge in [0.05, 0.1) is 10.5 Å². The lowest BCUT2D eigenvalue weighted by Gasteiger charge is -2.30. The van der Waals surface area contributed by atoms with E-state index in [1.165, 1.54) is 17.0 Å². The molecule has 1 aromatic carbocycles. The lowest BCUT2D eigenvalue weighted by molar-refractivity contribution is -0.384. The lowest BCUT2D eigenvalue weighted by Crippen LogP contribution is -2.43. The Hall–Kier alpha value is -2.70. The zero-order valence-corrected chi connectivity index (χ0v) is 15.2. The first-order valence-electron chi connectivity index (χ1n) is 9.70. The molecule has 0 atom stereocenters. The van der Waals surface area contributed by atoms with Crippen molar-refractivity contribution in [3.8, 4) is 0 Å². The molecule has 27 heavy (non-hydrogen) atoms. The monoisotopic (exact) mass is 369 g/mol. The van der Waals surface area contributed by atoms with E-state index in [0.717, 1.165) is 58.0 Å². The molecule has 0 N–H and O–H groups in total. The third-order valence-corrected chi connectivity index (χ3v) is 5.82. The maximum atomic E-state index is 13.3. The average molecular weight is 369 g/mol. The van der Waals surface area contributed by atoms with Crippen molar-refractivity contribution in [2.45, 2.75) is 51.0 Å². The zero-order valence-electron chi connectivity index (χ0n) is 15.2. The number of nitro groups is 1. The Morgan fingerprint density at radius 2 is 1.52 bits per heavy atom. The van der Waals surface area contributed by atoms with Gasteiger partial charge in [-0.25, -0.2) is 0 Å². The smallest absolute Gasteiger partial charge is 0.278 e. The Bertz CT molecular complexity index is 803. The number of carbonyl (C=O) groups excluding carboxylic acids is 2. The van der Waals surface area contributed by atoms with Gasteiger partial charge < -0.3 is 4.90 Å². The number of benzene rings is 1. The van der Waals surface area contributed by atoms with Crippen molar-refractivity contribution in [2.75, 3.05) is 13.1 Å². The standard InChI is InChI=1S/C20H23N3O4/c24-19-17(14-8-10-16(11-9-14)23(26)27)18(21-12-4-5-13-21)20(25)22(19)15-6-2-1-3-7-15/h8-11,15H,1-7,12-13H2. The molecular formula is C20H23N3O4. The molecule has 7 nitrogen and oxygen atoms in total. The number of hydrogen-bond donors (Lipinski definition) is 0. The van der Waals surface area contributed by atoms with E-state index in [1.807, 2.05) is 4.90 Å². The molecule has 1 aromatic rings. The molecule has 2 heterocycles. The van der Waals surface area contributed by atoms with E-state index in [2.05, 4.69) is 0 Å². The summed E-state index contributed by atoms with van der Waals surface area (Å²) in [6, 6.07) is 5.92. The van der Waals surface area contributed by atoms with E-state index in [0.29, 0.717) is 16.8 Å². The molecular weight excluding hydrogens is 346 g/mol. The van der Waals surface area contributed by atoms with Crippen molar-refractivity contribution < 1.29 is 14.5 Å². The summed E-state index contributed by atoms with van der Waals surface area (Å²) in [6.07, 6.45) is 6.94. The van der Waals surface area contributed by atoms with Gasteiger partial charge in [-0.3, -0.25) is 24.6 Å². The van der Waals surface area contributed by atoms with Crippen LogP contribution in [0.3, 0.4) is 0 Å². The van der Waals surface area contributed by atoms with Crippen molar-refractivity contribution in [3.05, 3.63) is 45.6 Å². The Labute approximate surface area is 157 Å². The number of non-ortho nitro benzene ring substituents is 1. The van der Waals surface area contributed by atoms with E-state index in [4.69, 9.17) is 0 Å². The minimum atomic E-state index is -0.463. The molecule has 142 valence electrons. The first-order valence-corrected chi connectivity index (χ1v) is 9.70. The molecule has 0 spiro atoms. The van der Waals surface area contributed by atoms with E-state index < -0.39 is 4.92 Å². The summed E-state index contributed by atoms with van der Waals surface area (Å²) >= 11 is 0. The van der Waals surface area contributed by atoms with Crippen LogP contribution in [0.1, 0.15) is 50.5 Å². The lowest BCUT2D eigenvalue weighted by atomic mass is 9.94. The number of likely N-dealkylation sites (tertiary alicyclic amines) is 1. The third kappa shape index (κ3) is 3.11. The summed E-state index contributed by atoms with van der Waals surface area (Å²) in [4.78, 5) is 40.5. The zero-order chi connectivity index (χ0) is 19.0. The highest BCUT2D eigenvalue weighted by atomic mass is 16.6. The minimum Gasteiger partial charge on any atom is -0.366 e. The van der Waals surface area contributed by atoms with Crippen LogP contribution in [0.15, 0.2) is 30.0 Å². The van der Waals surface area contributed by atoms with Crippen LogP contribution in [0.25, 0.3) is 5.57 Å². The summed E-state index contributed by atoms with van der Waals surface area (Å²) in [7, 11) is 0. The molecule has 1 saturated carbocycles. The molecule has 2 amide bonds. The van der Waals surface area contributed by atoms with Crippen molar-refractivity contribution in [1.29, 1.82) is 0 Å². The average Bonchev–Trinajstić information content (AvgIpc) is 3.28. The van der Waals surface area contributed by atoms with Gasteiger partial charge in [0.15, 0.2) is 0 Å². The quantitative estimate of drug-likeness (QED) is 0.463. The fraction of sp³-hybridized carbons (Fsp3) is 0.500. The van der Waals surface area contributed by atoms with Gasteiger partial charge in [0.25, 0.3) is 17.5 Å². The first kappa shape index (κ1) is 17.7. The Morgan fingerprint density at radius 1 is 0.889 bits per heavy atom. The highest BCUT2D eigenvalue weighted by Gasteiger charge is 2.45. The van der Waals surface area contributed by atoms with E-state index in [1.54, 1.807) is 12.1 Å². The van der Waals surface area contributed by atoms with Crippen LogP contribution in [-0.4, -0.2) is 45.7 Å². The molecule has 4 rings (SSSR count). The third-order valence-electron chi connectivity index (χ3n) is 5.82. The predicted octanol–water partition coefficient (Wildman–Crippen LogP) is 3.10. The highest BCUT2D eigenvalue weighted by Crippen LogP contribution is 2.37. The van der Waals surface area contributed by atoms with Crippen molar-refractivity contribution in [2.24, 2.45) is 0 Å². The molecule has 0 unspecified atom stereocenters. The number of hydrogen-bond acceptors (Lipinski definition) is 5. The van der Waals surface area contributed by atoms with Crippen LogP contribution in [0, 0.1) is 10.1 Å². The van der Waals surface area contributed by atoms with Crippen molar-refractivity contribution >= 4 is 23.1 Å². The Morgan fingerprint density at radius 3 is 2.11 bits per heavy atom. The molecule has 0 bridgehead atoms. The molecule has 1 aliphatic carbocycles. The molecule has 2 aliphatic heterocycles. The van der Waals surface area contributed by atoms with Crippen molar-refractivity contribution in [1.82, 2.24) is 9.80 Å². The second-order valence-corrected chi connectivity index (χ2v) is 7.49. The summed E-state index contributed by atoms with van der Waals surface area (Å²) in [5.74, 6) is -0.440. The number of nitrogens with zero attached hydrogens (tertiary/aromatic N) is 3. The number of nitro benzene ring substituents is 1. The van der Waals surface area contributed by atoms with Crippen LogP contribution in [0.4, 0.5) is 5.69 Å². The van der Waals surface area contributed by atoms with Gasteiger partial charge in [0.2, 0.25) is 0 Å². The fourth-order valence-electron chi connectivity index (χ4n) is 4.45. The van der Waals surface area contributed by atoms with Crippen LogP contribution >= 0.6 is 0 Å². The van der Waals surface area contributed by atoms with Gasteiger partial charge in [-0.1, -0.05) is 19.3 Å². The largest absolute Gasteiger partial charge is 0.366 e. The van der Waals surface area contributed by atoms with E-state index in [-0.39, 0.29) is 23.5 Å². The number of amides is 2. The number of rotatable bonds is 4. The molecule has 3 aliphatic rings. The Balaban J connectivity index is 1.74. The van der Waals surface area contributed by atoms with Gasteiger partial charge in [-0.2, -0.15) is 0 Å². The first-order chi connectivity index (χ1) is 13.1. The SMILES string of the molecule is O=C1C(c2ccc([N+](=O)[O-])cc2)=C(N2CCCC2)C(=O)N1C1CCCCC1. The summed E-state index contributed by atoms with van der Waals surface area (Å²) < 4.78 is 0. The van der Waals surface area contributed by atoms with Gasteiger partial charge in [0, 0.05) is 31.3 Å². The molecule has 1 saturated heterocycles. The van der Waals surface area contributed by atoms with Gasteiger partial charge >= 0.3 is 0 Å². The van der Waals surface area contributed by atoms with Crippen LogP contribution in [0.5, 0.6) is 0 Å². The van der Waals surface area contributed by atoms with Crippen LogP contribution < -0.4 is 0 Å². The van der Waals surface area contributed by atoms with Crippen LogP contribution in [-0.2, 0) is 9.59 Å². The number of carbonyl (C=O) groups is 2. The molecule has 0 radical (unpaired) electrons. The number of imide groups is 1. The normalized spacial score (nSPS) is 21.5. The maximum absolute atomic E-state index is 13.3. The molecule has 2 fully saturated rings. The predicted molar refractivity (Wildman–Crippen MR) is 99.5 cm³/mol. The fourth-order valence-corrected chi connectivity index (χ4v) is 4.45. The second-order valence-electron chi connectivity index (χ2n) is 7.49. The summed E-state index contributed by atoms with van der Waals surface area (Å²) in [5, 5.41) is 10.9. The van der Waals surface area contributed by atoms with Gasteiger partial charge in [-0.15, -0.1) is 0 Å². The van der Waals surface area contributed by atoms with Crippen LogP contribution in [0.2, 0.25) is 0 Å². The highest BCUT2D eigenvalue weighted by molar-refractivity contribution is 6.35. The summed E-state index contributed by atoms with van der Waals surface area (Å²) in [5.41, 5.74) is 1.45. The van der Waals surface area contributed by atoms with Crippen molar-refractivity contribution in [3.63, 3.8) is 0 Å². The van der Waals surface area contributed by atoms with E-state index in [9.17, 15) is 19.7 Å². The summed E-state index contributed by atoms with van der Waals surface area (Å²) in [6.45, 7) is 1.53.